The van der Waals surface area contributed by atoms with Crippen molar-refractivity contribution in [3.63, 3.8) is 0 Å². The minimum absolute atomic E-state index is 0.0112. The summed E-state index contributed by atoms with van der Waals surface area (Å²) in [5.41, 5.74) is -0.0112. The van der Waals surface area contributed by atoms with Gasteiger partial charge in [0.1, 0.15) is 11.8 Å². The summed E-state index contributed by atoms with van der Waals surface area (Å²) in [5, 5.41) is 18.6. The van der Waals surface area contributed by atoms with E-state index in [1.54, 1.807) is 0 Å². The highest BCUT2D eigenvalue weighted by molar-refractivity contribution is 7.92. The molecule has 0 unspecified atom stereocenters. The van der Waals surface area contributed by atoms with Crippen molar-refractivity contribution in [2.45, 2.75) is 23.0 Å². The van der Waals surface area contributed by atoms with Gasteiger partial charge in [-0.25, -0.2) is 17.8 Å². The molecular formula is C13H10N2O4S. The van der Waals surface area contributed by atoms with E-state index in [9.17, 15) is 13.2 Å². The van der Waals surface area contributed by atoms with Crippen LogP contribution in [0, 0.1) is 11.3 Å². The molecule has 3 rings (SSSR count). The van der Waals surface area contributed by atoms with Crippen LogP contribution in [0.15, 0.2) is 29.3 Å². The summed E-state index contributed by atoms with van der Waals surface area (Å²) in [4.78, 5) is 11.2. The second-order valence-electron chi connectivity index (χ2n) is 4.74. The van der Waals surface area contributed by atoms with E-state index in [0.717, 1.165) is 4.57 Å². The number of nitriles is 1. The number of carbonyl (C=O) groups is 1. The number of hydrogen-bond acceptors (Lipinski definition) is 4. The van der Waals surface area contributed by atoms with Crippen LogP contribution in [0.5, 0.6) is 0 Å². The number of hydrogen-bond donors (Lipinski definition) is 1. The molecule has 6 nitrogen and oxygen atoms in total. The molecule has 1 fully saturated rings. The van der Waals surface area contributed by atoms with E-state index in [1.807, 2.05) is 6.07 Å². The smallest absolute Gasteiger partial charge is 0.416 e. The maximum atomic E-state index is 12.1. The van der Waals surface area contributed by atoms with Crippen LogP contribution >= 0.6 is 0 Å². The van der Waals surface area contributed by atoms with E-state index in [-0.39, 0.29) is 15.8 Å². The zero-order valence-electron chi connectivity index (χ0n) is 10.3. The SMILES string of the molecule is N#Cc1c2ccc(S(=O)(=O)C3CC3)cc2cn1C(=O)O. The summed E-state index contributed by atoms with van der Waals surface area (Å²) in [7, 11) is -3.33. The van der Waals surface area contributed by atoms with E-state index in [4.69, 9.17) is 10.4 Å². The maximum Gasteiger partial charge on any atom is 0.416 e. The number of rotatable bonds is 2. The van der Waals surface area contributed by atoms with Crippen molar-refractivity contribution >= 4 is 26.7 Å². The lowest BCUT2D eigenvalue weighted by Crippen LogP contribution is -2.08. The minimum atomic E-state index is -3.33. The largest absolute Gasteiger partial charge is 0.464 e. The van der Waals surface area contributed by atoms with Crippen molar-refractivity contribution in [2.75, 3.05) is 0 Å². The number of carboxylic acid groups (broad SMARTS) is 1. The fraction of sp³-hybridized carbons (Fsp3) is 0.231. The van der Waals surface area contributed by atoms with E-state index < -0.39 is 15.9 Å². The lowest BCUT2D eigenvalue weighted by molar-refractivity contribution is 0.196. The van der Waals surface area contributed by atoms with Gasteiger partial charge in [0.25, 0.3) is 0 Å². The molecule has 102 valence electrons. The van der Waals surface area contributed by atoms with Crippen molar-refractivity contribution in [1.29, 1.82) is 5.26 Å². The van der Waals surface area contributed by atoms with Crippen LogP contribution in [0.2, 0.25) is 0 Å². The Hall–Kier alpha value is -2.33. The second-order valence-corrected chi connectivity index (χ2v) is 6.96. The summed E-state index contributed by atoms with van der Waals surface area (Å²) in [5.74, 6) is 0. The van der Waals surface area contributed by atoms with Crippen molar-refractivity contribution in [2.24, 2.45) is 0 Å². The van der Waals surface area contributed by atoms with Crippen LogP contribution < -0.4 is 0 Å². The van der Waals surface area contributed by atoms with Gasteiger partial charge in [-0.2, -0.15) is 5.26 Å². The van der Waals surface area contributed by atoms with E-state index in [1.165, 1.54) is 24.4 Å². The third-order valence-corrected chi connectivity index (χ3v) is 5.65. The van der Waals surface area contributed by atoms with Crippen LogP contribution in [-0.2, 0) is 9.84 Å². The molecule has 7 heteroatoms. The Kier molecular flexibility index (Phi) is 2.59. The zero-order chi connectivity index (χ0) is 14.5. The van der Waals surface area contributed by atoms with Gasteiger partial charge >= 0.3 is 6.09 Å². The highest BCUT2D eigenvalue weighted by Crippen LogP contribution is 2.35. The molecule has 0 aliphatic heterocycles. The lowest BCUT2D eigenvalue weighted by atomic mass is 10.2. The highest BCUT2D eigenvalue weighted by atomic mass is 32.2. The van der Waals surface area contributed by atoms with Crippen LogP contribution in [0.25, 0.3) is 10.8 Å². The molecule has 1 saturated carbocycles. The predicted octanol–water partition coefficient (Wildman–Crippen LogP) is 1.98. The Bertz CT molecular complexity index is 870. The molecule has 2 aromatic rings. The van der Waals surface area contributed by atoms with Crippen LogP contribution in [0.4, 0.5) is 4.79 Å². The summed E-state index contributed by atoms with van der Waals surface area (Å²) in [6.07, 6.45) is 1.33. The summed E-state index contributed by atoms with van der Waals surface area (Å²) < 4.78 is 25.1. The Morgan fingerprint density at radius 2 is 2.10 bits per heavy atom. The van der Waals surface area contributed by atoms with Gasteiger partial charge in [0.2, 0.25) is 0 Å². The first kappa shape index (κ1) is 12.7. The van der Waals surface area contributed by atoms with Crippen molar-refractivity contribution < 1.29 is 18.3 Å². The van der Waals surface area contributed by atoms with Gasteiger partial charge in [-0.3, -0.25) is 0 Å². The van der Waals surface area contributed by atoms with E-state index in [0.29, 0.717) is 23.6 Å². The molecule has 0 atom stereocenters. The first-order chi connectivity index (χ1) is 9.45. The number of nitrogens with zero attached hydrogens (tertiary/aromatic N) is 2. The van der Waals surface area contributed by atoms with Crippen molar-refractivity contribution in [1.82, 2.24) is 4.57 Å². The van der Waals surface area contributed by atoms with Crippen molar-refractivity contribution in [3.05, 3.63) is 30.1 Å². The van der Waals surface area contributed by atoms with Gasteiger partial charge < -0.3 is 5.11 Å². The van der Waals surface area contributed by atoms with E-state index >= 15 is 0 Å². The molecule has 1 aromatic heterocycles. The first-order valence-electron chi connectivity index (χ1n) is 5.97. The van der Waals surface area contributed by atoms with Crippen LogP contribution in [0.1, 0.15) is 18.5 Å². The second kappa shape index (κ2) is 4.08. The molecule has 1 aliphatic carbocycles. The lowest BCUT2D eigenvalue weighted by Gasteiger charge is -2.02. The fourth-order valence-corrected chi connectivity index (χ4v) is 3.90. The number of benzene rings is 1. The fourth-order valence-electron chi connectivity index (χ4n) is 2.21. The minimum Gasteiger partial charge on any atom is -0.464 e. The Morgan fingerprint density at radius 3 is 2.65 bits per heavy atom. The summed E-state index contributed by atoms with van der Waals surface area (Å²) >= 11 is 0. The van der Waals surface area contributed by atoms with Gasteiger partial charge in [0.05, 0.1) is 10.1 Å². The summed E-state index contributed by atoms with van der Waals surface area (Å²) in [6, 6.07) is 6.18. The first-order valence-corrected chi connectivity index (χ1v) is 7.52. The normalized spacial score (nSPS) is 15.2. The Labute approximate surface area is 114 Å². The number of aromatic nitrogens is 1. The van der Waals surface area contributed by atoms with Gasteiger partial charge in [-0.1, -0.05) is 6.07 Å². The van der Waals surface area contributed by atoms with Crippen LogP contribution in [0.3, 0.4) is 0 Å². The zero-order valence-corrected chi connectivity index (χ0v) is 11.1. The number of sulfone groups is 1. The molecule has 0 spiro atoms. The van der Waals surface area contributed by atoms with Gasteiger partial charge in [-0.05, 0) is 25.0 Å². The molecule has 1 aliphatic rings. The molecule has 0 bridgehead atoms. The van der Waals surface area contributed by atoms with Gasteiger partial charge in [0, 0.05) is 17.0 Å². The third kappa shape index (κ3) is 1.77. The molecule has 0 saturated heterocycles. The Morgan fingerprint density at radius 1 is 1.40 bits per heavy atom. The maximum absolute atomic E-state index is 12.1. The Balaban J connectivity index is 2.23. The topological polar surface area (TPSA) is 100 Å². The molecular weight excluding hydrogens is 280 g/mol. The quantitative estimate of drug-likeness (QED) is 0.911. The molecule has 1 N–H and O–H groups in total. The third-order valence-electron chi connectivity index (χ3n) is 3.39. The number of fused-ring (bicyclic) bond motifs is 1. The average molecular weight is 290 g/mol. The molecule has 1 aromatic carbocycles. The average Bonchev–Trinajstić information content (AvgIpc) is 3.19. The van der Waals surface area contributed by atoms with Crippen molar-refractivity contribution in [3.8, 4) is 6.07 Å². The monoisotopic (exact) mass is 290 g/mol. The van der Waals surface area contributed by atoms with E-state index in [2.05, 4.69) is 0 Å². The highest BCUT2D eigenvalue weighted by Gasteiger charge is 2.37. The molecule has 20 heavy (non-hydrogen) atoms. The predicted molar refractivity (Wildman–Crippen MR) is 70.3 cm³/mol. The van der Waals surface area contributed by atoms with Gasteiger partial charge in [0.15, 0.2) is 9.84 Å². The molecule has 0 radical (unpaired) electrons. The molecule has 1 heterocycles. The van der Waals surface area contributed by atoms with Crippen LogP contribution in [-0.4, -0.2) is 29.4 Å². The standard InChI is InChI=1S/C13H10N2O4S/c14-6-12-11-4-3-10(20(18,19)9-1-2-9)5-8(11)7-15(12)13(16)17/h3-5,7,9H,1-2H2,(H,16,17). The molecule has 0 amide bonds. The van der Waals surface area contributed by atoms with Gasteiger partial charge in [-0.15, -0.1) is 0 Å². The summed E-state index contributed by atoms with van der Waals surface area (Å²) in [6.45, 7) is 0.